The summed E-state index contributed by atoms with van der Waals surface area (Å²) in [6.07, 6.45) is 8.25. The van der Waals surface area contributed by atoms with E-state index in [4.69, 9.17) is 9.47 Å². The Labute approximate surface area is 116 Å². The molecule has 1 aliphatic heterocycles. The van der Waals surface area contributed by atoms with Crippen molar-refractivity contribution in [1.29, 1.82) is 0 Å². The van der Waals surface area contributed by atoms with Gasteiger partial charge in [-0.2, -0.15) is 0 Å². The number of hydrogen-bond donors (Lipinski definition) is 1. The first-order chi connectivity index (χ1) is 9.31. The van der Waals surface area contributed by atoms with Crippen molar-refractivity contribution in [2.24, 2.45) is 5.92 Å². The Balaban J connectivity index is 1.59. The van der Waals surface area contributed by atoms with Crippen LogP contribution in [0.3, 0.4) is 0 Å². The quantitative estimate of drug-likeness (QED) is 0.569. The highest BCUT2D eigenvalue weighted by Crippen LogP contribution is 2.33. The molecule has 0 aromatic heterocycles. The van der Waals surface area contributed by atoms with Crippen molar-refractivity contribution in [3.8, 4) is 0 Å². The average Bonchev–Trinajstić information content (AvgIpc) is 2.86. The van der Waals surface area contributed by atoms with E-state index in [1.807, 2.05) is 0 Å². The molecule has 4 nitrogen and oxygen atoms in total. The molecule has 3 atom stereocenters. The number of unbranched alkanes of at least 4 members (excludes halogenated alkanes) is 1. The molecule has 2 fully saturated rings. The molecule has 110 valence electrons. The maximum Gasteiger partial charge on any atom is 0.323 e. The van der Waals surface area contributed by atoms with Crippen LogP contribution >= 0.6 is 0 Å². The smallest absolute Gasteiger partial charge is 0.323 e. The first kappa shape index (κ1) is 14.8. The third-order valence-corrected chi connectivity index (χ3v) is 4.26. The Morgan fingerprint density at radius 3 is 2.84 bits per heavy atom. The lowest BCUT2D eigenvalue weighted by Gasteiger charge is -2.24. The van der Waals surface area contributed by atoms with Crippen LogP contribution in [0.5, 0.6) is 0 Å². The van der Waals surface area contributed by atoms with Gasteiger partial charge in [0.15, 0.2) is 0 Å². The second-order valence-electron chi connectivity index (χ2n) is 5.74. The van der Waals surface area contributed by atoms with E-state index in [9.17, 15) is 4.79 Å². The predicted molar refractivity (Wildman–Crippen MR) is 74.0 cm³/mol. The van der Waals surface area contributed by atoms with Crippen LogP contribution < -0.4 is 5.32 Å². The SMILES string of the molecule is CCCCOCCOC(=O)C1CC2CCCCC2N1. The Morgan fingerprint density at radius 2 is 2.05 bits per heavy atom. The third-order valence-electron chi connectivity index (χ3n) is 4.26. The van der Waals surface area contributed by atoms with Gasteiger partial charge >= 0.3 is 5.97 Å². The fraction of sp³-hybridized carbons (Fsp3) is 0.933. The van der Waals surface area contributed by atoms with E-state index in [1.165, 1.54) is 25.7 Å². The molecule has 1 saturated heterocycles. The van der Waals surface area contributed by atoms with Gasteiger partial charge in [0.05, 0.1) is 6.61 Å². The third kappa shape index (κ3) is 4.46. The van der Waals surface area contributed by atoms with Crippen LogP contribution in [0.1, 0.15) is 51.9 Å². The molecule has 1 saturated carbocycles. The van der Waals surface area contributed by atoms with E-state index in [0.29, 0.717) is 25.2 Å². The zero-order valence-corrected chi connectivity index (χ0v) is 12.0. The van der Waals surface area contributed by atoms with E-state index in [2.05, 4.69) is 12.2 Å². The summed E-state index contributed by atoms with van der Waals surface area (Å²) in [5.41, 5.74) is 0. The van der Waals surface area contributed by atoms with E-state index in [-0.39, 0.29) is 12.0 Å². The van der Waals surface area contributed by atoms with Crippen LogP contribution in [-0.2, 0) is 14.3 Å². The normalized spacial score (nSPS) is 30.1. The van der Waals surface area contributed by atoms with Gasteiger partial charge in [-0.15, -0.1) is 0 Å². The lowest BCUT2D eigenvalue weighted by Crippen LogP contribution is -2.38. The Morgan fingerprint density at radius 1 is 1.21 bits per heavy atom. The van der Waals surface area contributed by atoms with E-state index in [1.54, 1.807) is 0 Å². The summed E-state index contributed by atoms with van der Waals surface area (Å²) in [7, 11) is 0. The van der Waals surface area contributed by atoms with Gasteiger partial charge in [-0.05, 0) is 31.6 Å². The van der Waals surface area contributed by atoms with Crippen molar-refractivity contribution in [3.63, 3.8) is 0 Å². The first-order valence-corrected chi connectivity index (χ1v) is 7.81. The maximum absolute atomic E-state index is 11.9. The van der Waals surface area contributed by atoms with Gasteiger partial charge in [0.2, 0.25) is 0 Å². The minimum Gasteiger partial charge on any atom is -0.462 e. The predicted octanol–water partition coefficient (Wildman–Crippen LogP) is 2.27. The molecule has 19 heavy (non-hydrogen) atoms. The summed E-state index contributed by atoms with van der Waals surface area (Å²) < 4.78 is 10.7. The topological polar surface area (TPSA) is 47.6 Å². The van der Waals surface area contributed by atoms with Gasteiger partial charge in [0, 0.05) is 12.6 Å². The van der Waals surface area contributed by atoms with Crippen LogP contribution in [0.15, 0.2) is 0 Å². The molecule has 0 bridgehead atoms. The molecular formula is C15H27NO3. The Hall–Kier alpha value is -0.610. The van der Waals surface area contributed by atoms with E-state index < -0.39 is 0 Å². The lowest BCUT2D eigenvalue weighted by molar-refractivity contribution is -0.147. The second kappa shape index (κ2) is 7.85. The standard InChI is InChI=1S/C15H27NO3/c1-2-3-8-18-9-10-19-15(17)14-11-12-6-4-5-7-13(12)16-14/h12-14,16H,2-11H2,1H3. The maximum atomic E-state index is 11.9. The summed E-state index contributed by atoms with van der Waals surface area (Å²) >= 11 is 0. The van der Waals surface area contributed by atoms with Crippen molar-refractivity contribution in [2.75, 3.05) is 19.8 Å². The summed E-state index contributed by atoms with van der Waals surface area (Å²) in [6, 6.07) is 0.468. The molecule has 0 spiro atoms. The van der Waals surface area contributed by atoms with Gasteiger partial charge in [-0.25, -0.2) is 0 Å². The number of hydrogen-bond acceptors (Lipinski definition) is 4. The molecule has 2 aliphatic rings. The molecule has 1 heterocycles. The van der Waals surface area contributed by atoms with Gasteiger partial charge in [0.25, 0.3) is 0 Å². The van der Waals surface area contributed by atoms with Crippen molar-refractivity contribution in [3.05, 3.63) is 0 Å². The van der Waals surface area contributed by atoms with E-state index >= 15 is 0 Å². The minimum atomic E-state index is -0.0894. The number of esters is 1. The number of fused-ring (bicyclic) bond motifs is 1. The molecule has 3 unspecified atom stereocenters. The number of carbonyl (C=O) groups excluding carboxylic acids is 1. The van der Waals surface area contributed by atoms with Crippen LogP contribution in [0.25, 0.3) is 0 Å². The molecule has 2 rings (SSSR count). The second-order valence-corrected chi connectivity index (χ2v) is 5.74. The molecule has 1 aliphatic carbocycles. The van der Waals surface area contributed by atoms with Gasteiger partial charge in [0.1, 0.15) is 12.6 Å². The van der Waals surface area contributed by atoms with Gasteiger partial charge in [-0.3, -0.25) is 4.79 Å². The highest BCUT2D eigenvalue weighted by molar-refractivity contribution is 5.76. The summed E-state index contributed by atoms with van der Waals surface area (Å²) in [5, 5.41) is 3.44. The highest BCUT2D eigenvalue weighted by Gasteiger charge is 2.38. The fourth-order valence-electron chi connectivity index (χ4n) is 3.15. The molecule has 0 radical (unpaired) electrons. The molecule has 0 aromatic rings. The van der Waals surface area contributed by atoms with Gasteiger partial charge < -0.3 is 14.8 Å². The monoisotopic (exact) mass is 269 g/mol. The zero-order chi connectivity index (χ0) is 13.5. The van der Waals surface area contributed by atoms with Gasteiger partial charge in [-0.1, -0.05) is 26.2 Å². The molecule has 1 N–H and O–H groups in total. The number of nitrogens with one attached hydrogen (secondary N) is 1. The average molecular weight is 269 g/mol. The van der Waals surface area contributed by atoms with Crippen LogP contribution in [0.2, 0.25) is 0 Å². The summed E-state index contributed by atoms with van der Waals surface area (Å²) in [4.78, 5) is 11.9. The van der Waals surface area contributed by atoms with Crippen molar-refractivity contribution >= 4 is 5.97 Å². The number of rotatable bonds is 7. The van der Waals surface area contributed by atoms with E-state index in [0.717, 1.165) is 25.9 Å². The largest absolute Gasteiger partial charge is 0.462 e. The van der Waals surface area contributed by atoms with Crippen molar-refractivity contribution in [1.82, 2.24) is 5.32 Å². The van der Waals surface area contributed by atoms with Crippen molar-refractivity contribution in [2.45, 2.75) is 64.0 Å². The minimum absolute atomic E-state index is 0.0799. The fourth-order valence-corrected chi connectivity index (χ4v) is 3.15. The lowest BCUT2D eigenvalue weighted by atomic mass is 9.85. The zero-order valence-electron chi connectivity index (χ0n) is 12.0. The number of ether oxygens (including phenoxy) is 2. The summed E-state index contributed by atoms with van der Waals surface area (Å²) in [6.45, 7) is 3.80. The number of carbonyl (C=O) groups is 1. The molecule has 0 aromatic carbocycles. The van der Waals surface area contributed by atoms with Crippen LogP contribution in [0.4, 0.5) is 0 Å². The molecular weight excluding hydrogens is 242 g/mol. The Kier molecular flexibility index (Phi) is 6.11. The first-order valence-electron chi connectivity index (χ1n) is 7.81. The molecule has 4 heteroatoms. The van der Waals surface area contributed by atoms with Crippen LogP contribution in [0, 0.1) is 5.92 Å². The summed E-state index contributed by atoms with van der Waals surface area (Å²) in [5.74, 6) is 0.598. The van der Waals surface area contributed by atoms with Crippen LogP contribution in [-0.4, -0.2) is 37.9 Å². The molecule has 0 amide bonds. The Bertz CT molecular complexity index is 269. The van der Waals surface area contributed by atoms with Crippen molar-refractivity contribution < 1.29 is 14.3 Å². The highest BCUT2D eigenvalue weighted by atomic mass is 16.6.